The van der Waals surface area contributed by atoms with Gasteiger partial charge in [0.15, 0.2) is 0 Å². The zero-order valence-electron chi connectivity index (χ0n) is 10.7. The van der Waals surface area contributed by atoms with Gasteiger partial charge in [-0.25, -0.2) is 0 Å². The molecule has 0 spiro atoms. The summed E-state index contributed by atoms with van der Waals surface area (Å²) in [6.07, 6.45) is 4.77. The maximum Gasteiger partial charge on any atom is 0.233 e. The predicted molar refractivity (Wildman–Crippen MR) is 65.3 cm³/mol. The van der Waals surface area contributed by atoms with E-state index >= 15 is 0 Å². The number of carbonyl (C=O) groups excluding carboxylic acids is 2. The Labute approximate surface area is 103 Å². The van der Waals surface area contributed by atoms with E-state index in [2.05, 4.69) is 12.2 Å². The van der Waals surface area contributed by atoms with Crippen molar-refractivity contribution in [3.8, 4) is 0 Å². The third-order valence-electron chi connectivity index (χ3n) is 4.19. The van der Waals surface area contributed by atoms with Gasteiger partial charge in [0.25, 0.3) is 0 Å². The fourth-order valence-corrected chi connectivity index (χ4v) is 2.98. The lowest BCUT2D eigenvalue weighted by atomic mass is 10.00. The lowest BCUT2D eigenvalue weighted by molar-refractivity contribution is -0.140. The quantitative estimate of drug-likeness (QED) is 0.731. The second kappa shape index (κ2) is 5.17. The van der Waals surface area contributed by atoms with Crippen molar-refractivity contribution in [2.75, 3.05) is 13.6 Å². The number of hydrogen-bond donors (Lipinski definition) is 1. The monoisotopic (exact) mass is 238 g/mol. The Morgan fingerprint density at radius 2 is 1.88 bits per heavy atom. The predicted octanol–water partition coefficient (Wildman–Crippen LogP) is 1.16. The molecule has 1 N–H and O–H groups in total. The standard InChI is InChI=1S/C13H22N2O2/c1-9(14-2)5-4-8-15-12(16)10-6-3-7-11(10)13(15)17/h9-11,14H,3-8H2,1-2H3. The lowest BCUT2D eigenvalue weighted by Gasteiger charge is -2.17. The molecule has 4 heteroatoms. The zero-order valence-corrected chi connectivity index (χ0v) is 10.7. The van der Waals surface area contributed by atoms with Crippen molar-refractivity contribution in [3.63, 3.8) is 0 Å². The maximum atomic E-state index is 12.0. The Bertz CT molecular complexity index is 295. The first kappa shape index (κ1) is 12.6. The molecule has 1 heterocycles. The Balaban J connectivity index is 1.85. The van der Waals surface area contributed by atoms with E-state index in [-0.39, 0.29) is 23.7 Å². The summed E-state index contributed by atoms with van der Waals surface area (Å²) in [7, 11) is 1.93. The van der Waals surface area contributed by atoms with Crippen molar-refractivity contribution in [2.24, 2.45) is 11.8 Å². The second-order valence-corrected chi connectivity index (χ2v) is 5.30. The van der Waals surface area contributed by atoms with Gasteiger partial charge in [-0.2, -0.15) is 0 Å². The highest BCUT2D eigenvalue weighted by molar-refractivity contribution is 6.05. The molecule has 0 radical (unpaired) electrons. The topological polar surface area (TPSA) is 49.4 Å². The molecule has 2 fully saturated rings. The summed E-state index contributed by atoms with van der Waals surface area (Å²) in [6, 6.07) is 0.447. The molecule has 0 aromatic heterocycles. The van der Waals surface area contributed by atoms with Crippen LogP contribution in [0.3, 0.4) is 0 Å². The first-order valence-corrected chi connectivity index (χ1v) is 6.67. The molecule has 3 atom stereocenters. The van der Waals surface area contributed by atoms with Crippen LogP contribution in [0.5, 0.6) is 0 Å². The number of rotatable bonds is 5. The lowest BCUT2D eigenvalue weighted by Crippen LogP contribution is -2.33. The number of amides is 2. The van der Waals surface area contributed by atoms with E-state index < -0.39 is 0 Å². The number of fused-ring (bicyclic) bond motifs is 1. The van der Waals surface area contributed by atoms with E-state index in [0.717, 1.165) is 32.1 Å². The largest absolute Gasteiger partial charge is 0.317 e. The van der Waals surface area contributed by atoms with Gasteiger partial charge in [-0.05, 0) is 39.7 Å². The molecule has 0 bridgehead atoms. The van der Waals surface area contributed by atoms with Gasteiger partial charge < -0.3 is 5.32 Å². The highest BCUT2D eigenvalue weighted by Crippen LogP contribution is 2.39. The molecule has 96 valence electrons. The first-order valence-electron chi connectivity index (χ1n) is 6.67. The van der Waals surface area contributed by atoms with E-state index in [1.165, 1.54) is 4.90 Å². The average molecular weight is 238 g/mol. The molecule has 17 heavy (non-hydrogen) atoms. The molecule has 0 aromatic carbocycles. The van der Waals surface area contributed by atoms with Crippen molar-refractivity contribution < 1.29 is 9.59 Å². The molecular formula is C13H22N2O2. The normalized spacial score (nSPS) is 29.9. The molecule has 1 aliphatic carbocycles. The summed E-state index contributed by atoms with van der Waals surface area (Å²) in [5.74, 6) is 0.220. The van der Waals surface area contributed by atoms with Crippen molar-refractivity contribution >= 4 is 11.8 Å². The van der Waals surface area contributed by atoms with Crippen LogP contribution in [0.4, 0.5) is 0 Å². The minimum absolute atomic E-state index is 0.0178. The van der Waals surface area contributed by atoms with Crippen LogP contribution in [0.15, 0.2) is 0 Å². The molecule has 1 aliphatic heterocycles. The van der Waals surface area contributed by atoms with E-state index in [1.54, 1.807) is 0 Å². The smallest absolute Gasteiger partial charge is 0.233 e. The summed E-state index contributed by atoms with van der Waals surface area (Å²) in [4.78, 5) is 25.6. The number of nitrogens with zero attached hydrogens (tertiary/aromatic N) is 1. The van der Waals surface area contributed by atoms with E-state index in [0.29, 0.717) is 12.6 Å². The van der Waals surface area contributed by atoms with Crippen LogP contribution >= 0.6 is 0 Å². The molecule has 0 aromatic rings. The maximum absolute atomic E-state index is 12.0. The van der Waals surface area contributed by atoms with Gasteiger partial charge >= 0.3 is 0 Å². The summed E-state index contributed by atoms with van der Waals surface area (Å²) in [5, 5.41) is 3.16. The van der Waals surface area contributed by atoms with Gasteiger partial charge in [0.1, 0.15) is 0 Å². The van der Waals surface area contributed by atoms with E-state index in [4.69, 9.17) is 0 Å². The third-order valence-corrected chi connectivity index (χ3v) is 4.19. The third kappa shape index (κ3) is 2.37. The molecular weight excluding hydrogens is 216 g/mol. The van der Waals surface area contributed by atoms with Gasteiger partial charge in [0.05, 0.1) is 11.8 Å². The number of hydrogen-bond acceptors (Lipinski definition) is 3. The fraction of sp³-hybridized carbons (Fsp3) is 0.846. The SMILES string of the molecule is CNC(C)CCCN1C(=O)C2CCCC2C1=O. The van der Waals surface area contributed by atoms with Crippen LogP contribution in [0, 0.1) is 11.8 Å². The van der Waals surface area contributed by atoms with Gasteiger partial charge in [-0.3, -0.25) is 14.5 Å². The van der Waals surface area contributed by atoms with Gasteiger partial charge in [0.2, 0.25) is 11.8 Å². The van der Waals surface area contributed by atoms with Crippen LogP contribution in [-0.4, -0.2) is 36.3 Å². The molecule has 3 unspecified atom stereocenters. The molecule has 2 amide bonds. The van der Waals surface area contributed by atoms with Gasteiger partial charge in [-0.1, -0.05) is 6.42 Å². The van der Waals surface area contributed by atoms with Crippen molar-refractivity contribution in [1.29, 1.82) is 0 Å². The Kier molecular flexibility index (Phi) is 3.82. The number of likely N-dealkylation sites (tertiary alicyclic amines) is 1. The zero-order chi connectivity index (χ0) is 12.4. The van der Waals surface area contributed by atoms with Crippen molar-refractivity contribution in [3.05, 3.63) is 0 Å². The second-order valence-electron chi connectivity index (χ2n) is 5.30. The summed E-state index contributed by atoms with van der Waals surface area (Å²) in [5.41, 5.74) is 0. The van der Waals surface area contributed by atoms with E-state index in [1.807, 2.05) is 7.05 Å². The van der Waals surface area contributed by atoms with Crippen molar-refractivity contribution in [1.82, 2.24) is 10.2 Å². The van der Waals surface area contributed by atoms with Crippen LogP contribution in [0.25, 0.3) is 0 Å². The molecule has 2 rings (SSSR count). The number of carbonyl (C=O) groups is 2. The van der Waals surface area contributed by atoms with Crippen molar-refractivity contribution in [2.45, 2.75) is 45.1 Å². The minimum Gasteiger partial charge on any atom is -0.317 e. The number of nitrogens with one attached hydrogen (secondary N) is 1. The van der Waals surface area contributed by atoms with Gasteiger partial charge in [0, 0.05) is 12.6 Å². The molecule has 4 nitrogen and oxygen atoms in total. The molecule has 1 saturated carbocycles. The molecule has 1 saturated heterocycles. The number of imide groups is 1. The first-order chi connectivity index (χ1) is 8.15. The fourth-order valence-electron chi connectivity index (χ4n) is 2.98. The van der Waals surface area contributed by atoms with Crippen LogP contribution in [0.1, 0.15) is 39.0 Å². The Hall–Kier alpha value is -0.900. The van der Waals surface area contributed by atoms with Gasteiger partial charge in [-0.15, -0.1) is 0 Å². The summed E-state index contributed by atoms with van der Waals surface area (Å²) >= 11 is 0. The highest BCUT2D eigenvalue weighted by Gasteiger charge is 2.49. The average Bonchev–Trinajstić information content (AvgIpc) is 2.88. The van der Waals surface area contributed by atoms with Crippen LogP contribution in [0.2, 0.25) is 0 Å². The van der Waals surface area contributed by atoms with E-state index in [9.17, 15) is 9.59 Å². The highest BCUT2D eigenvalue weighted by atomic mass is 16.2. The minimum atomic E-state index is 0.0178. The molecule has 2 aliphatic rings. The summed E-state index contributed by atoms with van der Waals surface area (Å²) < 4.78 is 0. The Morgan fingerprint density at radius 3 is 2.41 bits per heavy atom. The summed E-state index contributed by atoms with van der Waals surface area (Å²) in [6.45, 7) is 2.72. The Morgan fingerprint density at radius 1 is 1.29 bits per heavy atom. The van der Waals surface area contributed by atoms with Crippen LogP contribution in [-0.2, 0) is 9.59 Å². The van der Waals surface area contributed by atoms with Crippen LogP contribution < -0.4 is 5.32 Å².